The number of hydrogen-bond acceptors (Lipinski definition) is 5. The zero-order valence-electron chi connectivity index (χ0n) is 19.0. The zero-order chi connectivity index (χ0) is 23.5. The van der Waals surface area contributed by atoms with Crippen molar-refractivity contribution >= 4 is 28.9 Å². The van der Waals surface area contributed by atoms with Crippen LogP contribution in [0.5, 0.6) is 0 Å². The molecule has 1 aliphatic rings. The number of rotatable bonds is 7. The van der Waals surface area contributed by atoms with Crippen LogP contribution in [0.3, 0.4) is 0 Å². The predicted molar refractivity (Wildman–Crippen MR) is 129 cm³/mol. The largest absolute Gasteiger partial charge is 0.379 e. The number of carbonyl (C=O) groups excluding carboxylic acids is 1. The van der Waals surface area contributed by atoms with E-state index in [4.69, 9.17) is 16.1 Å². The molecule has 0 spiro atoms. The third-order valence-electron chi connectivity index (χ3n) is 5.99. The summed E-state index contributed by atoms with van der Waals surface area (Å²) in [5.41, 5.74) is 4.91. The number of anilines is 2. The predicted octanol–water partition coefficient (Wildman–Crippen LogP) is 5.34. The fourth-order valence-corrected chi connectivity index (χ4v) is 4.31. The van der Waals surface area contributed by atoms with Crippen molar-refractivity contribution in [2.24, 2.45) is 5.92 Å². The molecule has 174 valence electrons. The van der Waals surface area contributed by atoms with Crippen molar-refractivity contribution in [2.45, 2.75) is 39.7 Å². The second kappa shape index (κ2) is 9.93. The lowest BCUT2D eigenvalue weighted by atomic mass is 9.99. The number of nitrogens with one attached hydrogen (secondary N) is 3. The highest BCUT2D eigenvalue weighted by atomic mass is 35.5. The molecule has 4 rings (SSSR count). The summed E-state index contributed by atoms with van der Waals surface area (Å²) >= 11 is 5.78. The number of nitrogens with zero attached hydrogens (tertiary/aromatic N) is 1. The number of aryl methyl sites for hydroxylation is 2. The van der Waals surface area contributed by atoms with Crippen molar-refractivity contribution < 1.29 is 13.7 Å². The SMILES string of the molecule is Cc1noc(C)c1-c1ccc(N[C@H]2CCNC2)c(NC(=O)C(C)Cc2ccc(Cl)c(F)c2)c1. The van der Waals surface area contributed by atoms with Gasteiger partial charge in [-0.25, -0.2) is 4.39 Å². The Labute approximate surface area is 197 Å². The molecule has 0 bridgehead atoms. The molecular formula is C25H28ClFN4O2. The molecule has 33 heavy (non-hydrogen) atoms. The van der Waals surface area contributed by atoms with Gasteiger partial charge in [-0.3, -0.25) is 4.79 Å². The van der Waals surface area contributed by atoms with Crippen LogP contribution in [-0.2, 0) is 11.2 Å². The summed E-state index contributed by atoms with van der Waals surface area (Å²) in [7, 11) is 0. The standard InChI is InChI=1S/C25H28ClFN4O2/c1-14(10-17-4-6-20(26)21(27)11-17)25(32)30-23-12-18(24-15(2)31-33-16(24)3)5-7-22(23)29-19-8-9-28-13-19/h4-7,11-12,14,19,28-29H,8-10,13H2,1-3H3,(H,30,32)/t14?,19-/m0/s1. The van der Waals surface area contributed by atoms with E-state index in [0.717, 1.165) is 53.3 Å². The lowest BCUT2D eigenvalue weighted by Crippen LogP contribution is -2.25. The Kier molecular flexibility index (Phi) is 7.00. The van der Waals surface area contributed by atoms with E-state index in [1.54, 1.807) is 6.07 Å². The number of benzene rings is 2. The van der Waals surface area contributed by atoms with Crippen molar-refractivity contribution in [3.05, 3.63) is 64.3 Å². The summed E-state index contributed by atoms with van der Waals surface area (Å²) in [6.45, 7) is 7.43. The first-order valence-electron chi connectivity index (χ1n) is 11.1. The third kappa shape index (κ3) is 5.37. The van der Waals surface area contributed by atoms with Gasteiger partial charge in [0.15, 0.2) is 0 Å². The maximum absolute atomic E-state index is 13.8. The first kappa shape index (κ1) is 23.3. The first-order chi connectivity index (χ1) is 15.8. The van der Waals surface area contributed by atoms with Crippen LogP contribution >= 0.6 is 11.6 Å². The Bertz CT molecular complexity index is 1140. The smallest absolute Gasteiger partial charge is 0.227 e. The van der Waals surface area contributed by atoms with Gasteiger partial charge in [-0.1, -0.05) is 35.8 Å². The van der Waals surface area contributed by atoms with Crippen LogP contribution in [0, 0.1) is 25.6 Å². The quantitative estimate of drug-likeness (QED) is 0.434. The maximum Gasteiger partial charge on any atom is 0.227 e. The van der Waals surface area contributed by atoms with Crippen LogP contribution in [0.1, 0.15) is 30.4 Å². The molecule has 1 aromatic heterocycles. The van der Waals surface area contributed by atoms with Gasteiger partial charge in [0.05, 0.1) is 22.1 Å². The van der Waals surface area contributed by atoms with Crippen LogP contribution in [0.4, 0.5) is 15.8 Å². The van der Waals surface area contributed by atoms with E-state index in [2.05, 4.69) is 21.1 Å². The molecule has 1 unspecified atom stereocenters. The van der Waals surface area contributed by atoms with Gasteiger partial charge in [0, 0.05) is 24.1 Å². The Balaban J connectivity index is 1.58. The summed E-state index contributed by atoms with van der Waals surface area (Å²) in [6, 6.07) is 10.9. The van der Waals surface area contributed by atoms with E-state index in [1.807, 2.05) is 39.0 Å². The van der Waals surface area contributed by atoms with Gasteiger partial charge in [-0.05, 0) is 68.6 Å². The molecule has 6 nitrogen and oxygen atoms in total. The van der Waals surface area contributed by atoms with Gasteiger partial charge in [-0.15, -0.1) is 0 Å². The van der Waals surface area contributed by atoms with Gasteiger partial charge in [0.1, 0.15) is 11.6 Å². The molecule has 1 saturated heterocycles. The minimum Gasteiger partial charge on any atom is -0.379 e. The highest BCUT2D eigenvalue weighted by Crippen LogP contribution is 2.33. The maximum atomic E-state index is 13.8. The van der Waals surface area contributed by atoms with Crippen molar-refractivity contribution in [1.29, 1.82) is 0 Å². The molecule has 3 N–H and O–H groups in total. The van der Waals surface area contributed by atoms with Crippen molar-refractivity contribution in [3.63, 3.8) is 0 Å². The van der Waals surface area contributed by atoms with Crippen LogP contribution < -0.4 is 16.0 Å². The number of carbonyl (C=O) groups is 1. The second-order valence-corrected chi connectivity index (χ2v) is 9.04. The van der Waals surface area contributed by atoms with E-state index in [9.17, 15) is 9.18 Å². The topological polar surface area (TPSA) is 79.2 Å². The molecule has 8 heteroatoms. The lowest BCUT2D eigenvalue weighted by molar-refractivity contribution is -0.119. The summed E-state index contributed by atoms with van der Waals surface area (Å²) in [6.07, 6.45) is 1.41. The van der Waals surface area contributed by atoms with Crippen molar-refractivity contribution in [2.75, 3.05) is 23.7 Å². The third-order valence-corrected chi connectivity index (χ3v) is 6.30. The van der Waals surface area contributed by atoms with Crippen molar-refractivity contribution in [3.8, 4) is 11.1 Å². The van der Waals surface area contributed by atoms with Gasteiger partial charge in [0.25, 0.3) is 0 Å². The Morgan fingerprint density at radius 3 is 2.76 bits per heavy atom. The molecule has 1 aliphatic heterocycles. The van der Waals surface area contributed by atoms with Gasteiger partial charge in [-0.2, -0.15) is 0 Å². The Morgan fingerprint density at radius 2 is 2.09 bits per heavy atom. The van der Waals surface area contributed by atoms with Gasteiger partial charge in [0.2, 0.25) is 5.91 Å². The molecule has 0 saturated carbocycles. The van der Waals surface area contributed by atoms with Crippen LogP contribution in [0.15, 0.2) is 40.9 Å². The number of halogens is 2. The fourth-order valence-electron chi connectivity index (χ4n) is 4.19. The molecule has 2 atom stereocenters. The fraction of sp³-hybridized carbons (Fsp3) is 0.360. The molecule has 3 aromatic rings. The van der Waals surface area contributed by atoms with Gasteiger partial charge >= 0.3 is 0 Å². The molecule has 2 aromatic carbocycles. The van der Waals surface area contributed by atoms with Crippen LogP contribution in [0.25, 0.3) is 11.1 Å². The average molecular weight is 471 g/mol. The summed E-state index contributed by atoms with van der Waals surface area (Å²) in [5.74, 6) is -0.266. The van der Waals surface area contributed by atoms with E-state index < -0.39 is 5.82 Å². The highest BCUT2D eigenvalue weighted by molar-refractivity contribution is 6.30. The first-order valence-corrected chi connectivity index (χ1v) is 11.5. The van der Waals surface area contributed by atoms with E-state index in [-0.39, 0.29) is 16.8 Å². The monoisotopic (exact) mass is 470 g/mol. The van der Waals surface area contributed by atoms with Crippen LogP contribution in [-0.4, -0.2) is 30.2 Å². The minimum atomic E-state index is -0.481. The molecule has 2 heterocycles. The molecule has 0 radical (unpaired) electrons. The zero-order valence-corrected chi connectivity index (χ0v) is 19.7. The van der Waals surface area contributed by atoms with E-state index in [0.29, 0.717) is 18.2 Å². The molecular weight excluding hydrogens is 443 g/mol. The van der Waals surface area contributed by atoms with Crippen molar-refractivity contribution in [1.82, 2.24) is 10.5 Å². The summed E-state index contributed by atoms with van der Waals surface area (Å²) in [5, 5.41) is 14.1. The second-order valence-electron chi connectivity index (χ2n) is 8.64. The van der Waals surface area contributed by atoms with E-state index >= 15 is 0 Å². The van der Waals surface area contributed by atoms with E-state index in [1.165, 1.54) is 12.1 Å². The Hall–Kier alpha value is -2.90. The number of hydrogen-bond donors (Lipinski definition) is 3. The minimum absolute atomic E-state index is 0.0733. The molecule has 0 aliphatic carbocycles. The van der Waals surface area contributed by atoms with Gasteiger partial charge < -0.3 is 20.5 Å². The average Bonchev–Trinajstić information content (AvgIpc) is 3.41. The summed E-state index contributed by atoms with van der Waals surface area (Å²) < 4.78 is 19.1. The lowest BCUT2D eigenvalue weighted by Gasteiger charge is -2.20. The number of aromatic nitrogens is 1. The molecule has 1 amide bonds. The Morgan fingerprint density at radius 1 is 1.27 bits per heavy atom. The highest BCUT2D eigenvalue weighted by Gasteiger charge is 2.21. The molecule has 1 fully saturated rings. The summed E-state index contributed by atoms with van der Waals surface area (Å²) in [4.78, 5) is 13.1. The van der Waals surface area contributed by atoms with Crippen LogP contribution in [0.2, 0.25) is 5.02 Å². The number of amides is 1. The normalized spacial score (nSPS) is 16.6.